The summed E-state index contributed by atoms with van der Waals surface area (Å²) in [5, 5.41) is 3.96. The van der Waals surface area contributed by atoms with E-state index in [1.807, 2.05) is 0 Å². The zero-order valence-electron chi connectivity index (χ0n) is 10.2. The van der Waals surface area contributed by atoms with Crippen LogP contribution in [0.1, 0.15) is 17.2 Å². The van der Waals surface area contributed by atoms with Gasteiger partial charge in [0.05, 0.1) is 12.2 Å². The summed E-state index contributed by atoms with van der Waals surface area (Å²) in [5.74, 6) is 2.43. The number of nitrogens with two attached hydrogens (primary N) is 1. The van der Waals surface area contributed by atoms with Crippen molar-refractivity contribution >= 4 is 0 Å². The van der Waals surface area contributed by atoms with Crippen molar-refractivity contribution in [3.05, 3.63) is 53.1 Å². The van der Waals surface area contributed by atoms with Crippen molar-refractivity contribution in [2.75, 3.05) is 0 Å². The molecule has 4 nitrogen and oxygen atoms in total. The minimum Gasteiger partial charge on any atom is -0.276 e. The SMILES string of the molecule is Cn1cc(CC(NN)c2c(F)cc(F)cc2F)cn1. The van der Waals surface area contributed by atoms with E-state index in [0.717, 1.165) is 5.56 Å². The zero-order valence-corrected chi connectivity index (χ0v) is 10.2. The largest absolute Gasteiger partial charge is 0.276 e. The molecule has 0 saturated carbocycles. The third-order valence-electron chi connectivity index (χ3n) is 2.79. The van der Waals surface area contributed by atoms with Crippen molar-refractivity contribution in [1.82, 2.24) is 15.2 Å². The first-order valence-corrected chi connectivity index (χ1v) is 5.59. The van der Waals surface area contributed by atoms with Crippen molar-refractivity contribution in [1.29, 1.82) is 0 Å². The number of aromatic nitrogens is 2. The smallest absolute Gasteiger partial charge is 0.133 e. The van der Waals surface area contributed by atoms with E-state index >= 15 is 0 Å². The highest BCUT2D eigenvalue weighted by Crippen LogP contribution is 2.24. The van der Waals surface area contributed by atoms with Gasteiger partial charge < -0.3 is 0 Å². The molecule has 1 aromatic carbocycles. The van der Waals surface area contributed by atoms with Crippen LogP contribution in [0.5, 0.6) is 0 Å². The van der Waals surface area contributed by atoms with Gasteiger partial charge in [0.2, 0.25) is 0 Å². The number of rotatable bonds is 4. The summed E-state index contributed by atoms with van der Waals surface area (Å²) in [6.07, 6.45) is 3.52. The van der Waals surface area contributed by atoms with Gasteiger partial charge in [-0.1, -0.05) is 0 Å². The van der Waals surface area contributed by atoms with Crippen LogP contribution in [0.15, 0.2) is 24.5 Å². The predicted octanol–water partition coefficient (Wildman–Crippen LogP) is 1.58. The second-order valence-electron chi connectivity index (χ2n) is 4.23. The molecule has 1 aromatic heterocycles. The molecule has 7 heteroatoms. The zero-order chi connectivity index (χ0) is 14.0. The summed E-state index contributed by atoms with van der Waals surface area (Å²) < 4.78 is 41.8. The van der Waals surface area contributed by atoms with Crippen molar-refractivity contribution in [3.8, 4) is 0 Å². The molecule has 2 aromatic rings. The molecule has 19 heavy (non-hydrogen) atoms. The van der Waals surface area contributed by atoms with Gasteiger partial charge in [-0.15, -0.1) is 0 Å². The van der Waals surface area contributed by atoms with E-state index in [-0.39, 0.29) is 12.0 Å². The maximum atomic E-state index is 13.7. The van der Waals surface area contributed by atoms with Crippen molar-refractivity contribution < 1.29 is 13.2 Å². The summed E-state index contributed by atoms with van der Waals surface area (Å²) in [7, 11) is 1.73. The average Bonchev–Trinajstić information content (AvgIpc) is 2.72. The topological polar surface area (TPSA) is 55.9 Å². The fourth-order valence-corrected chi connectivity index (χ4v) is 1.94. The molecule has 0 aliphatic carbocycles. The van der Waals surface area contributed by atoms with Crippen molar-refractivity contribution in [2.45, 2.75) is 12.5 Å². The first-order valence-electron chi connectivity index (χ1n) is 5.59. The fourth-order valence-electron chi connectivity index (χ4n) is 1.94. The standard InChI is InChI=1S/C12H13F3N4/c1-19-6-7(5-17-19)2-11(18-16)12-9(14)3-8(13)4-10(12)15/h3-6,11,18H,2,16H2,1H3. The Labute approximate surface area is 108 Å². The highest BCUT2D eigenvalue weighted by Gasteiger charge is 2.21. The number of nitrogens with zero attached hydrogens (tertiary/aromatic N) is 2. The molecular formula is C12H13F3N4. The average molecular weight is 270 g/mol. The Kier molecular flexibility index (Phi) is 3.87. The second kappa shape index (κ2) is 5.41. The number of nitrogens with one attached hydrogen (secondary N) is 1. The van der Waals surface area contributed by atoms with Crippen LogP contribution in [0.25, 0.3) is 0 Å². The molecular weight excluding hydrogens is 257 g/mol. The first-order chi connectivity index (χ1) is 9.01. The maximum Gasteiger partial charge on any atom is 0.133 e. The molecule has 0 radical (unpaired) electrons. The molecule has 1 atom stereocenters. The molecule has 1 unspecified atom stereocenters. The predicted molar refractivity (Wildman–Crippen MR) is 63.3 cm³/mol. The minimum absolute atomic E-state index is 0.240. The number of hydrogen-bond acceptors (Lipinski definition) is 3. The Balaban J connectivity index is 2.32. The third-order valence-corrected chi connectivity index (χ3v) is 2.79. The number of aryl methyl sites for hydroxylation is 1. The normalized spacial score (nSPS) is 12.7. The van der Waals surface area contributed by atoms with Gasteiger partial charge in [0, 0.05) is 30.9 Å². The summed E-state index contributed by atoms with van der Waals surface area (Å²) in [5.41, 5.74) is 2.81. The van der Waals surface area contributed by atoms with Gasteiger partial charge in [-0.3, -0.25) is 16.0 Å². The van der Waals surface area contributed by atoms with Crippen LogP contribution in [0.2, 0.25) is 0 Å². The maximum absolute atomic E-state index is 13.7. The summed E-state index contributed by atoms with van der Waals surface area (Å²) >= 11 is 0. The van der Waals surface area contributed by atoms with Crippen LogP contribution >= 0.6 is 0 Å². The lowest BCUT2D eigenvalue weighted by Gasteiger charge is -2.17. The number of hydrogen-bond donors (Lipinski definition) is 2. The fraction of sp³-hybridized carbons (Fsp3) is 0.250. The highest BCUT2D eigenvalue weighted by molar-refractivity contribution is 5.26. The molecule has 2 rings (SSSR count). The molecule has 0 spiro atoms. The van der Waals surface area contributed by atoms with Gasteiger partial charge >= 0.3 is 0 Å². The number of halogens is 3. The highest BCUT2D eigenvalue weighted by atomic mass is 19.1. The van der Waals surface area contributed by atoms with Crippen LogP contribution in [0, 0.1) is 17.5 Å². The summed E-state index contributed by atoms with van der Waals surface area (Å²) in [6, 6.07) is 0.461. The summed E-state index contributed by atoms with van der Waals surface area (Å²) in [6.45, 7) is 0. The Morgan fingerprint density at radius 3 is 2.42 bits per heavy atom. The molecule has 0 amide bonds. The van der Waals surface area contributed by atoms with E-state index in [1.54, 1.807) is 24.1 Å². The van der Waals surface area contributed by atoms with Crippen LogP contribution in [-0.4, -0.2) is 9.78 Å². The molecule has 3 N–H and O–H groups in total. The van der Waals surface area contributed by atoms with Crippen LogP contribution < -0.4 is 11.3 Å². The Morgan fingerprint density at radius 1 is 1.32 bits per heavy atom. The van der Waals surface area contributed by atoms with E-state index in [9.17, 15) is 13.2 Å². The molecule has 0 fully saturated rings. The van der Waals surface area contributed by atoms with Crippen LogP contribution in [-0.2, 0) is 13.5 Å². The summed E-state index contributed by atoms with van der Waals surface area (Å²) in [4.78, 5) is 0. The van der Waals surface area contributed by atoms with Gasteiger partial charge in [-0.25, -0.2) is 13.2 Å². The Bertz CT molecular complexity index is 559. The quantitative estimate of drug-likeness (QED) is 0.655. The first kappa shape index (κ1) is 13.6. The molecule has 0 aliphatic rings. The van der Waals surface area contributed by atoms with Crippen LogP contribution in [0.3, 0.4) is 0 Å². The van der Waals surface area contributed by atoms with Gasteiger partial charge in [-0.2, -0.15) is 5.10 Å². The Morgan fingerprint density at radius 2 is 1.95 bits per heavy atom. The lowest BCUT2D eigenvalue weighted by molar-refractivity contribution is 0.462. The van der Waals surface area contributed by atoms with Gasteiger partial charge in [0.15, 0.2) is 0 Å². The van der Waals surface area contributed by atoms with Gasteiger partial charge in [-0.05, 0) is 12.0 Å². The molecule has 0 saturated heterocycles. The second-order valence-corrected chi connectivity index (χ2v) is 4.23. The lowest BCUT2D eigenvalue weighted by Crippen LogP contribution is -2.31. The van der Waals surface area contributed by atoms with Crippen LogP contribution in [0.4, 0.5) is 13.2 Å². The van der Waals surface area contributed by atoms with E-state index in [2.05, 4.69) is 10.5 Å². The molecule has 1 heterocycles. The number of hydrazine groups is 1. The molecule has 0 bridgehead atoms. The van der Waals surface area contributed by atoms with Gasteiger partial charge in [0.25, 0.3) is 0 Å². The van der Waals surface area contributed by atoms with E-state index in [0.29, 0.717) is 12.1 Å². The third kappa shape index (κ3) is 2.94. The lowest BCUT2D eigenvalue weighted by atomic mass is 10.00. The van der Waals surface area contributed by atoms with Crippen molar-refractivity contribution in [3.63, 3.8) is 0 Å². The van der Waals surface area contributed by atoms with Gasteiger partial charge in [0.1, 0.15) is 17.5 Å². The minimum atomic E-state index is -0.968. The molecule has 102 valence electrons. The Hall–Kier alpha value is -1.86. The van der Waals surface area contributed by atoms with Crippen molar-refractivity contribution in [2.24, 2.45) is 12.9 Å². The van der Waals surface area contributed by atoms with E-state index < -0.39 is 23.5 Å². The number of benzene rings is 1. The molecule has 0 aliphatic heterocycles. The van der Waals surface area contributed by atoms with E-state index in [1.165, 1.54) is 0 Å². The van der Waals surface area contributed by atoms with E-state index in [4.69, 9.17) is 5.84 Å². The monoisotopic (exact) mass is 270 g/mol.